The number of rotatable bonds is 7. The number of nitrogens with zero attached hydrogens (tertiary/aromatic N) is 2. The predicted molar refractivity (Wildman–Crippen MR) is 113 cm³/mol. The van der Waals surface area contributed by atoms with Gasteiger partial charge in [0.2, 0.25) is 10.0 Å². The molecule has 0 bridgehead atoms. The molecule has 0 spiro atoms. The molecular formula is C19H25N5O6S. The van der Waals surface area contributed by atoms with Crippen LogP contribution in [-0.2, 0) is 21.8 Å². The third-order valence-electron chi connectivity index (χ3n) is 3.68. The number of sulfonamides is 1. The summed E-state index contributed by atoms with van der Waals surface area (Å²) in [5.41, 5.74) is -0.785. The van der Waals surface area contributed by atoms with Gasteiger partial charge in [-0.05, 0) is 45.0 Å². The Hall–Kier alpha value is -3.25. The molecule has 0 aliphatic carbocycles. The van der Waals surface area contributed by atoms with Crippen molar-refractivity contribution in [1.82, 2.24) is 19.8 Å². The highest BCUT2D eigenvalue weighted by Crippen LogP contribution is 2.16. The topological polar surface area (TPSA) is 148 Å². The minimum Gasteiger partial charge on any atom is -0.444 e. The third kappa shape index (κ3) is 7.50. The van der Waals surface area contributed by atoms with E-state index in [4.69, 9.17) is 4.74 Å². The summed E-state index contributed by atoms with van der Waals surface area (Å²) in [5.74, 6) is -0.598. The second-order valence-electron chi connectivity index (χ2n) is 7.49. The number of hydrogen-bond donors (Lipinski definition) is 3. The van der Waals surface area contributed by atoms with E-state index >= 15 is 0 Å². The third-order valence-corrected chi connectivity index (χ3v) is 5.14. The number of benzene rings is 1. The zero-order valence-corrected chi connectivity index (χ0v) is 18.4. The Bertz CT molecular complexity index is 1120. The lowest BCUT2D eigenvalue weighted by Gasteiger charge is -2.19. The van der Waals surface area contributed by atoms with Crippen LogP contribution in [0.3, 0.4) is 0 Å². The molecule has 0 radical (unpaired) electrons. The number of ether oxygens (including phenoxy) is 1. The fourth-order valence-electron chi connectivity index (χ4n) is 2.31. The molecule has 3 N–H and O–H groups in total. The molecule has 0 saturated carbocycles. The summed E-state index contributed by atoms with van der Waals surface area (Å²) >= 11 is 0. The van der Waals surface area contributed by atoms with E-state index in [2.05, 4.69) is 20.5 Å². The van der Waals surface area contributed by atoms with E-state index in [0.717, 1.165) is 4.68 Å². The molecule has 2 aromatic rings. The Morgan fingerprint density at radius 1 is 1.13 bits per heavy atom. The Labute approximate surface area is 179 Å². The highest BCUT2D eigenvalue weighted by Gasteiger charge is 2.17. The Morgan fingerprint density at radius 3 is 2.48 bits per heavy atom. The second-order valence-corrected chi connectivity index (χ2v) is 9.26. The normalized spacial score (nSPS) is 11.6. The lowest BCUT2D eigenvalue weighted by molar-refractivity contribution is 0.0528. The molecule has 2 rings (SSSR count). The number of anilines is 1. The number of alkyl carbamates (subject to hydrolysis) is 1. The van der Waals surface area contributed by atoms with Crippen LogP contribution in [0.1, 0.15) is 31.3 Å². The van der Waals surface area contributed by atoms with E-state index in [1.165, 1.54) is 43.4 Å². The zero-order valence-electron chi connectivity index (χ0n) is 17.6. The molecular weight excluding hydrogens is 426 g/mol. The fraction of sp³-hybridized carbons (Fsp3) is 0.368. The van der Waals surface area contributed by atoms with Gasteiger partial charge < -0.3 is 15.4 Å². The van der Waals surface area contributed by atoms with Gasteiger partial charge in [0.25, 0.3) is 11.5 Å². The first-order chi connectivity index (χ1) is 14.4. The zero-order chi connectivity index (χ0) is 23.2. The van der Waals surface area contributed by atoms with Gasteiger partial charge in [-0.3, -0.25) is 9.59 Å². The summed E-state index contributed by atoms with van der Waals surface area (Å²) in [6.45, 7) is 5.13. The van der Waals surface area contributed by atoms with Crippen molar-refractivity contribution in [2.75, 3.05) is 18.4 Å². The number of carbonyl (C=O) groups excluding carboxylic acids is 2. The standard InChI is InChI=1S/C19H25N5O6S/c1-19(2,3)30-18(27)20-10-11-21-31(28,29)14-7-5-6-13(12-14)22-17(26)15-8-9-16(25)24(4)23-15/h5-9,12,21H,10-11H2,1-4H3,(H,20,27)(H,22,26). The van der Waals surface area contributed by atoms with Gasteiger partial charge in [0.05, 0.1) is 4.90 Å². The highest BCUT2D eigenvalue weighted by molar-refractivity contribution is 7.89. The van der Waals surface area contributed by atoms with E-state index in [1.54, 1.807) is 20.8 Å². The average molecular weight is 452 g/mol. The van der Waals surface area contributed by atoms with Crippen LogP contribution in [0, 0.1) is 0 Å². The van der Waals surface area contributed by atoms with Crippen LogP contribution < -0.4 is 20.9 Å². The molecule has 168 valence electrons. The molecule has 0 saturated heterocycles. The van der Waals surface area contributed by atoms with Crippen molar-refractivity contribution < 1.29 is 22.7 Å². The molecule has 0 unspecified atom stereocenters. The van der Waals surface area contributed by atoms with E-state index in [9.17, 15) is 22.8 Å². The van der Waals surface area contributed by atoms with Crippen molar-refractivity contribution >= 4 is 27.7 Å². The first-order valence-corrected chi connectivity index (χ1v) is 10.8. The number of nitrogens with one attached hydrogen (secondary N) is 3. The molecule has 0 fully saturated rings. The minimum atomic E-state index is -3.88. The molecule has 0 aliphatic rings. The molecule has 31 heavy (non-hydrogen) atoms. The lowest BCUT2D eigenvalue weighted by atomic mass is 10.2. The molecule has 2 amide bonds. The van der Waals surface area contributed by atoms with Crippen LogP contribution in [0.15, 0.2) is 46.1 Å². The van der Waals surface area contributed by atoms with Crippen molar-refractivity contribution in [3.05, 3.63) is 52.4 Å². The maximum absolute atomic E-state index is 12.5. The van der Waals surface area contributed by atoms with Crippen LogP contribution in [0.4, 0.5) is 10.5 Å². The predicted octanol–water partition coefficient (Wildman–Crippen LogP) is 0.836. The van der Waals surface area contributed by atoms with E-state index in [1.807, 2.05) is 0 Å². The number of hydrogen-bond acceptors (Lipinski definition) is 7. The van der Waals surface area contributed by atoms with Crippen molar-refractivity contribution in [1.29, 1.82) is 0 Å². The molecule has 1 heterocycles. The maximum Gasteiger partial charge on any atom is 0.407 e. The SMILES string of the molecule is Cn1nc(C(=O)Nc2cccc(S(=O)(=O)NCCNC(=O)OC(C)(C)C)c2)ccc1=O. The van der Waals surface area contributed by atoms with E-state index in [-0.39, 0.29) is 34.9 Å². The van der Waals surface area contributed by atoms with Crippen molar-refractivity contribution in [3.63, 3.8) is 0 Å². The highest BCUT2D eigenvalue weighted by atomic mass is 32.2. The number of aryl methyl sites for hydroxylation is 1. The van der Waals surface area contributed by atoms with Crippen LogP contribution >= 0.6 is 0 Å². The van der Waals surface area contributed by atoms with Gasteiger partial charge in [-0.25, -0.2) is 22.6 Å². The Kier molecular flexibility index (Phi) is 7.52. The number of carbonyl (C=O) groups is 2. The van der Waals surface area contributed by atoms with E-state index in [0.29, 0.717) is 0 Å². The fourth-order valence-corrected chi connectivity index (χ4v) is 3.38. The Morgan fingerprint density at radius 2 is 1.84 bits per heavy atom. The van der Waals surface area contributed by atoms with Gasteiger partial charge in [-0.1, -0.05) is 6.07 Å². The van der Waals surface area contributed by atoms with Crippen molar-refractivity contribution in [2.45, 2.75) is 31.3 Å². The summed E-state index contributed by atoms with van der Waals surface area (Å²) in [6.07, 6.45) is -0.650. The first-order valence-electron chi connectivity index (χ1n) is 9.30. The van der Waals surface area contributed by atoms with Gasteiger partial charge in [0.15, 0.2) is 0 Å². The summed E-state index contributed by atoms with van der Waals surface area (Å²) in [5, 5.41) is 8.83. The maximum atomic E-state index is 12.5. The molecule has 0 atom stereocenters. The average Bonchev–Trinajstić information content (AvgIpc) is 2.66. The minimum absolute atomic E-state index is 0.00158. The van der Waals surface area contributed by atoms with Crippen LogP contribution in [0.2, 0.25) is 0 Å². The monoisotopic (exact) mass is 451 g/mol. The van der Waals surface area contributed by atoms with Gasteiger partial charge in [-0.2, -0.15) is 5.10 Å². The van der Waals surface area contributed by atoms with Gasteiger partial charge >= 0.3 is 6.09 Å². The number of amides is 2. The van der Waals surface area contributed by atoms with Crippen molar-refractivity contribution in [2.24, 2.45) is 7.05 Å². The van der Waals surface area contributed by atoms with Gasteiger partial charge in [0.1, 0.15) is 11.3 Å². The van der Waals surface area contributed by atoms with Crippen LogP contribution in [-0.4, -0.2) is 48.9 Å². The molecule has 0 aliphatic heterocycles. The first kappa shape index (κ1) is 24.0. The van der Waals surface area contributed by atoms with Gasteiger partial charge in [0, 0.05) is 31.9 Å². The van der Waals surface area contributed by atoms with Crippen molar-refractivity contribution in [3.8, 4) is 0 Å². The lowest BCUT2D eigenvalue weighted by Crippen LogP contribution is -2.37. The smallest absolute Gasteiger partial charge is 0.407 e. The molecule has 11 nitrogen and oxygen atoms in total. The van der Waals surface area contributed by atoms with E-state index < -0.39 is 27.6 Å². The molecule has 1 aromatic carbocycles. The second kappa shape index (κ2) is 9.71. The molecule has 12 heteroatoms. The van der Waals surface area contributed by atoms with Crippen LogP contribution in [0.25, 0.3) is 0 Å². The quantitative estimate of drug-likeness (QED) is 0.528. The van der Waals surface area contributed by atoms with Gasteiger partial charge in [-0.15, -0.1) is 0 Å². The molecule has 1 aromatic heterocycles. The summed E-state index contributed by atoms with van der Waals surface area (Å²) in [4.78, 5) is 35.2. The van der Waals surface area contributed by atoms with Crippen LogP contribution in [0.5, 0.6) is 0 Å². The summed E-state index contributed by atoms with van der Waals surface area (Å²) in [7, 11) is -2.47. The largest absolute Gasteiger partial charge is 0.444 e. The summed E-state index contributed by atoms with van der Waals surface area (Å²) in [6, 6.07) is 8.11. The Balaban J connectivity index is 1.98. The summed E-state index contributed by atoms with van der Waals surface area (Å²) < 4.78 is 33.4. The number of aromatic nitrogens is 2.